The standard InChI is InChI=1S/C23H33ClN4O2/c1-4-19(5-2)30-20-8-7-17(15-21(20)29-6-3)16-28-13-10-18(11-14-28)26-22-9-12-25-23(24)27-22/h7-9,12,15,18-19H,4-6,10-11,13-14,16H2,1-3H3,(H,25,26,27). The first kappa shape index (κ1) is 22.6. The number of piperidine rings is 1. The summed E-state index contributed by atoms with van der Waals surface area (Å²) in [6.45, 7) is 9.93. The first-order valence-electron chi connectivity index (χ1n) is 11.0. The Bertz CT molecular complexity index is 793. The maximum Gasteiger partial charge on any atom is 0.224 e. The average Bonchev–Trinajstić information content (AvgIpc) is 2.75. The van der Waals surface area contributed by atoms with Crippen LogP contribution in [0.2, 0.25) is 5.28 Å². The number of nitrogens with zero attached hydrogens (tertiary/aromatic N) is 3. The minimum atomic E-state index is 0.228. The van der Waals surface area contributed by atoms with E-state index in [1.165, 1.54) is 5.56 Å². The van der Waals surface area contributed by atoms with E-state index in [-0.39, 0.29) is 11.4 Å². The predicted molar refractivity (Wildman–Crippen MR) is 122 cm³/mol. The summed E-state index contributed by atoms with van der Waals surface area (Å²) in [7, 11) is 0. The van der Waals surface area contributed by atoms with Crippen LogP contribution in [0.25, 0.3) is 0 Å². The minimum absolute atomic E-state index is 0.228. The van der Waals surface area contributed by atoms with Crippen molar-refractivity contribution in [1.82, 2.24) is 14.9 Å². The van der Waals surface area contributed by atoms with Gasteiger partial charge in [-0.25, -0.2) is 9.97 Å². The van der Waals surface area contributed by atoms with E-state index in [4.69, 9.17) is 21.1 Å². The molecule has 164 valence electrons. The van der Waals surface area contributed by atoms with Gasteiger partial charge < -0.3 is 14.8 Å². The normalized spacial score (nSPS) is 15.4. The van der Waals surface area contributed by atoms with Gasteiger partial charge in [-0.05, 0) is 68.0 Å². The molecule has 1 aromatic carbocycles. The molecule has 1 saturated heterocycles. The number of likely N-dealkylation sites (tertiary alicyclic amines) is 1. The van der Waals surface area contributed by atoms with E-state index in [0.717, 1.165) is 62.6 Å². The summed E-state index contributed by atoms with van der Waals surface area (Å²) in [5.41, 5.74) is 1.25. The van der Waals surface area contributed by atoms with E-state index in [2.05, 4.69) is 52.2 Å². The number of halogens is 1. The summed E-state index contributed by atoms with van der Waals surface area (Å²) < 4.78 is 12.0. The fourth-order valence-corrected chi connectivity index (χ4v) is 3.92. The maximum atomic E-state index is 6.15. The molecule has 0 spiro atoms. The van der Waals surface area contributed by atoms with Crippen LogP contribution in [0.3, 0.4) is 0 Å². The van der Waals surface area contributed by atoms with Crippen LogP contribution in [0.5, 0.6) is 11.5 Å². The van der Waals surface area contributed by atoms with Crippen LogP contribution in [0.1, 0.15) is 52.0 Å². The zero-order valence-electron chi connectivity index (χ0n) is 18.2. The number of aromatic nitrogens is 2. The molecule has 1 aliphatic heterocycles. The van der Waals surface area contributed by atoms with Crippen molar-refractivity contribution in [2.75, 3.05) is 25.0 Å². The van der Waals surface area contributed by atoms with Crippen LogP contribution < -0.4 is 14.8 Å². The number of nitrogens with one attached hydrogen (secondary N) is 1. The van der Waals surface area contributed by atoms with Gasteiger partial charge in [-0.2, -0.15) is 0 Å². The number of hydrogen-bond acceptors (Lipinski definition) is 6. The van der Waals surface area contributed by atoms with Crippen molar-refractivity contribution in [3.63, 3.8) is 0 Å². The summed E-state index contributed by atoms with van der Waals surface area (Å²) in [6.07, 6.45) is 6.03. The Balaban J connectivity index is 1.55. The van der Waals surface area contributed by atoms with E-state index in [1.807, 2.05) is 13.0 Å². The van der Waals surface area contributed by atoms with E-state index in [9.17, 15) is 0 Å². The van der Waals surface area contributed by atoms with Gasteiger partial charge in [-0.3, -0.25) is 4.90 Å². The number of rotatable bonds is 10. The topological polar surface area (TPSA) is 59.5 Å². The number of ether oxygens (including phenoxy) is 2. The van der Waals surface area contributed by atoms with Crippen LogP contribution in [-0.4, -0.2) is 46.7 Å². The summed E-state index contributed by atoms with van der Waals surface area (Å²) in [5, 5.41) is 3.75. The molecule has 30 heavy (non-hydrogen) atoms. The lowest BCUT2D eigenvalue weighted by Gasteiger charge is -2.32. The van der Waals surface area contributed by atoms with Crippen molar-refractivity contribution in [3.8, 4) is 11.5 Å². The summed E-state index contributed by atoms with van der Waals surface area (Å²) in [6, 6.07) is 8.62. The minimum Gasteiger partial charge on any atom is -0.490 e. The van der Waals surface area contributed by atoms with Crippen LogP contribution >= 0.6 is 11.6 Å². The quantitative estimate of drug-likeness (QED) is 0.522. The zero-order valence-corrected chi connectivity index (χ0v) is 19.0. The Morgan fingerprint density at radius 1 is 1.13 bits per heavy atom. The average molecular weight is 433 g/mol. The Kier molecular flexibility index (Phi) is 8.58. The van der Waals surface area contributed by atoms with Crippen molar-refractivity contribution in [1.29, 1.82) is 0 Å². The highest BCUT2D eigenvalue weighted by atomic mass is 35.5. The van der Waals surface area contributed by atoms with Crippen LogP contribution in [0.15, 0.2) is 30.5 Å². The van der Waals surface area contributed by atoms with Gasteiger partial charge in [0.15, 0.2) is 11.5 Å². The molecule has 1 aromatic heterocycles. The molecule has 7 heteroatoms. The van der Waals surface area contributed by atoms with Gasteiger partial charge in [0.1, 0.15) is 5.82 Å². The van der Waals surface area contributed by atoms with Gasteiger partial charge in [0.2, 0.25) is 5.28 Å². The molecular formula is C23H33ClN4O2. The Morgan fingerprint density at radius 2 is 1.90 bits per heavy atom. The van der Waals surface area contributed by atoms with Gasteiger partial charge in [0.05, 0.1) is 12.7 Å². The monoisotopic (exact) mass is 432 g/mol. The molecule has 1 fully saturated rings. The molecule has 2 aromatic rings. The molecule has 3 rings (SSSR count). The predicted octanol–water partition coefficient (Wildman–Crippen LogP) is 5.17. The van der Waals surface area contributed by atoms with Gasteiger partial charge in [-0.1, -0.05) is 19.9 Å². The highest BCUT2D eigenvalue weighted by Crippen LogP contribution is 2.31. The highest BCUT2D eigenvalue weighted by Gasteiger charge is 2.20. The van der Waals surface area contributed by atoms with E-state index >= 15 is 0 Å². The van der Waals surface area contributed by atoms with E-state index in [1.54, 1.807) is 6.20 Å². The van der Waals surface area contributed by atoms with Crippen molar-refractivity contribution in [2.24, 2.45) is 0 Å². The Morgan fingerprint density at radius 3 is 2.57 bits per heavy atom. The van der Waals surface area contributed by atoms with Crippen molar-refractivity contribution < 1.29 is 9.47 Å². The maximum absolute atomic E-state index is 6.15. The number of benzene rings is 1. The molecule has 0 unspecified atom stereocenters. The van der Waals surface area contributed by atoms with Crippen LogP contribution in [-0.2, 0) is 6.54 Å². The third-order valence-electron chi connectivity index (χ3n) is 5.48. The van der Waals surface area contributed by atoms with Crippen molar-refractivity contribution >= 4 is 17.4 Å². The molecule has 0 aliphatic carbocycles. The van der Waals surface area contributed by atoms with Crippen molar-refractivity contribution in [3.05, 3.63) is 41.3 Å². The molecule has 1 aliphatic rings. The molecule has 0 amide bonds. The lowest BCUT2D eigenvalue weighted by atomic mass is 10.0. The molecule has 0 radical (unpaired) electrons. The molecule has 0 saturated carbocycles. The molecule has 0 atom stereocenters. The first-order chi connectivity index (χ1) is 14.6. The third-order valence-corrected chi connectivity index (χ3v) is 5.67. The fraction of sp³-hybridized carbons (Fsp3) is 0.565. The summed E-state index contributed by atoms with van der Waals surface area (Å²) in [5.74, 6) is 2.49. The molecular weight excluding hydrogens is 400 g/mol. The Hall–Kier alpha value is -2.05. The largest absolute Gasteiger partial charge is 0.490 e. The van der Waals surface area contributed by atoms with E-state index < -0.39 is 0 Å². The fourth-order valence-electron chi connectivity index (χ4n) is 3.77. The molecule has 1 N–H and O–H groups in total. The molecule has 6 nitrogen and oxygen atoms in total. The van der Waals surface area contributed by atoms with Crippen LogP contribution in [0.4, 0.5) is 5.82 Å². The number of hydrogen-bond donors (Lipinski definition) is 1. The SMILES string of the molecule is CCOc1cc(CN2CCC(Nc3ccnc(Cl)n3)CC2)ccc1OC(CC)CC. The lowest BCUT2D eigenvalue weighted by molar-refractivity contribution is 0.181. The first-order valence-corrected chi connectivity index (χ1v) is 11.4. The molecule has 2 heterocycles. The zero-order chi connectivity index (χ0) is 21.3. The summed E-state index contributed by atoms with van der Waals surface area (Å²) >= 11 is 5.88. The Labute approximate surface area is 185 Å². The number of anilines is 1. The van der Waals surface area contributed by atoms with E-state index in [0.29, 0.717) is 12.6 Å². The second-order valence-electron chi connectivity index (χ2n) is 7.68. The van der Waals surface area contributed by atoms with Crippen LogP contribution in [0, 0.1) is 0 Å². The highest BCUT2D eigenvalue weighted by molar-refractivity contribution is 6.28. The smallest absolute Gasteiger partial charge is 0.224 e. The lowest BCUT2D eigenvalue weighted by Crippen LogP contribution is -2.38. The van der Waals surface area contributed by atoms with Crippen molar-refractivity contribution in [2.45, 2.75) is 65.1 Å². The van der Waals surface area contributed by atoms with Gasteiger partial charge in [0.25, 0.3) is 0 Å². The third kappa shape index (κ3) is 6.47. The summed E-state index contributed by atoms with van der Waals surface area (Å²) in [4.78, 5) is 10.6. The second-order valence-corrected chi connectivity index (χ2v) is 8.01. The van der Waals surface area contributed by atoms with Gasteiger partial charge >= 0.3 is 0 Å². The second kappa shape index (κ2) is 11.4. The van der Waals surface area contributed by atoms with Gasteiger partial charge in [-0.15, -0.1) is 0 Å². The van der Waals surface area contributed by atoms with Gasteiger partial charge in [0, 0.05) is 31.9 Å². The molecule has 0 bridgehead atoms.